The fraction of sp³-hybridized carbons (Fsp3) is 0.619. The molecule has 5 heteroatoms. The second-order valence-electron chi connectivity index (χ2n) is 6.41. The predicted molar refractivity (Wildman–Crippen MR) is 102 cm³/mol. The Balaban J connectivity index is 2.39. The highest BCUT2D eigenvalue weighted by atomic mass is 16.5. The molecule has 1 rings (SSSR count). The summed E-state index contributed by atoms with van der Waals surface area (Å²) in [5.74, 6) is -0.541. The summed E-state index contributed by atoms with van der Waals surface area (Å²) >= 11 is 0. The van der Waals surface area contributed by atoms with Gasteiger partial charge in [0.05, 0.1) is 32.0 Å². The van der Waals surface area contributed by atoms with E-state index >= 15 is 0 Å². The molecule has 0 N–H and O–H groups in total. The molecule has 26 heavy (non-hydrogen) atoms. The average Bonchev–Trinajstić information content (AvgIpc) is 2.67. The topological polar surface area (TPSA) is 61.8 Å². The molecule has 0 amide bonds. The van der Waals surface area contributed by atoms with Crippen LogP contribution >= 0.6 is 0 Å². The molecule has 1 aromatic carbocycles. The van der Waals surface area contributed by atoms with Crippen LogP contribution in [0.1, 0.15) is 85.4 Å². The summed E-state index contributed by atoms with van der Waals surface area (Å²) < 4.78 is 15.2. The van der Waals surface area contributed by atoms with Gasteiger partial charge in [0.15, 0.2) is 0 Å². The minimum Gasteiger partial charge on any atom is -0.494 e. The van der Waals surface area contributed by atoms with E-state index in [-0.39, 0.29) is 11.1 Å². The van der Waals surface area contributed by atoms with Crippen LogP contribution in [0, 0.1) is 0 Å². The number of unbranched alkanes of at least 4 members (excludes halogenated alkanes) is 8. The zero-order valence-electron chi connectivity index (χ0n) is 16.3. The Morgan fingerprint density at radius 2 is 1.19 bits per heavy atom. The molecule has 0 radical (unpaired) electrons. The van der Waals surface area contributed by atoms with Crippen LogP contribution in [0.25, 0.3) is 0 Å². The van der Waals surface area contributed by atoms with Gasteiger partial charge in [-0.25, -0.2) is 9.59 Å². The summed E-state index contributed by atoms with van der Waals surface area (Å²) in [5, 5.41) is 0. The molecular weight excluding hydrogens is 332 g/mol. The number of methoxy groups -OCH3 is 2. The molecule has 0 aliphatic carbocycles. The van der Waals surface area contributed by atoms with Crippen LogP contribution in [-0.4, -0.2) is 32.8 Å². The molecule has 0 aliphatic heterocycles. The van der Waals surface area contributed by atoms with E-state index in [0.29, 0.717) is 12.4 Å². The van der Waals surface area contributed by atoms with Gasteiger partial charge in [-0.2, -0.15) is 0 Å². The summed E-state index contributed by atoms with van der Waals surface area (Å²) in [6.45, 7) is 2.79. The SMILES string of the molecule is CCCCCCCCCCCOc1cc(C(=O)OC)cc(C(=O)OC)c1. The van der Waals surface area contributed by atoms with Gasteiger partial charge in [-0.05, 0) is 24.6 Å². The van der Waals surface area contributed by atoms with E-state index in [1.54, 1.807) is 12.1 Å². The number of esters is 2. The zero-order chi connectivity index (χ0) is 19.2. The quantitative estimate of drug-likeness (QED) is 0.357. The summed E-state index contributed by atoms with van der Waals surface area (Å²) in [7, 11) is 2.60. The van der Waals surface area contributed by atoms with Crippen LogP contribution in [0.4, 0.5) is 0 Å². The highest BCUT2D eigenvalue weighted by Gasteiger charge is 2.14. The van der Waals surface area contributed by atoms with Gasteiger partial charge < -0.3 is 14.2 Å². The van der Waals surface area contributed by atoms with E-state index in [4.69, 9.17) is 14.2 Å². The van der Waals surface area contributed by atoms with Crippen molar-refractivity contribution in [3.05, 3.63) is 29.3 Å². The lowest BCUT2D eigenvalue weighted by molar-refractivity contribution is 0.0598. The molecule has 0 fully saturated rings. The van der Waals surface area contributed by atoms with Crippen molar-refractivity contribution in [3.63, 3.8) is 0 Å². The van der Waals surface area contributed by atoms with Gasteiger partial charge >= 0.3 is 11.9 Å². The normalized spacial score (nSPS) is 10.4. The van der Waals surface area contributed by atoms with Crippen LogP contribution in [0.2, 0.25) is 0 Å². The van der Waals surface area contributed by atoms with Crippen molar-refractivity contribution in [2.24, 2.45) is 0 Å². The molecular formula is C21H32O5. The van der Waals surface area contributed by atoms with Crippen LogP contribution in [0.15, 0.2) is 18.2 Å². The third kappa shape index (κ3) is 8.37. The van der Waals surface area contributed by atoms with Gasteiger partial charge in [-0.3, -0.25) is 0 Å². The third-order valence-corrected chi connectivity index (χ3v) is 4.27. The summed E-state index contributed by atoms with van der Waals surface area (Å²) in [6, 6.07) is 4.63. The van der Waals surface area contributed by atoms with E-state index in [9.17, 15) is 9.59 Å². The number of hydrogen-bond acceptors (Lipinski definition) is 5. The number of rotatable bonds is 13. The zero-order valence-corrected chi connectivity index (χ0v) is 16.3. The molecule has 0 saturated carbocycles. The molecule has 0 unspecified atom stereocenters. The molecule has 1 aromatic rings. The van der Waals surface area contributed by atoms with Crippen molar-refractivity contribution >= 4 is 11.9 Å². The first-order valence-corrected chi connectivity index (χ1v) is 9.56. The van der Waals surface area contributed by atoms with Crippen molar-refractivity contribution in [1.82, 2.24) is 0 Å². The number of benzene rings is 1. The number of ether oxygens (including phenoxy) is 3. The van der Waals surface area contributed by atoms with E-state index in [1.807, 2.05) is 0 Å². The lowest BCUT2D eigenvalue weighted by Crippen LogP contribution is -2.08. The highest BCUT2D eigenvalue weighted by molar-refractivity contribution is 5.96. The third-order valence-electron chi connectivity index (χ3n) is 4.27. The lowest BCUT2D eigenvalue weighted by atomic mass is 10.1. The molecule has 0 spiro atoms. The maximum absolute atomic E-state index is 11.7. The first-order valence-electron chi connectivity index (χ1n) is 9.56. The Morgan fingerprint density at radius 3 is 1.65 bits per heavy atom. The molecule has 0 heterocycles. The molecule has 146 valence electrons. The van der Waals surface area contributed by atoms with Gasteiger partial charge in [0.1, 0.15) is 5.75 Å². The lowest BCUT2D eigenvalue weighted by Gasteiger charge is -2.10. The van der Waals surface area contributed by atoms with E-state index in [0.717, 1.165) is 12.8 Å². The minimum absolute atomic E-state index is 0.275. The van der Waals surface area contributed by atoms with Crippen molar-refractivity contribution in [3.8, 4) is 5.75 Å². The fourth-order valence-corrected chi connectivity index (χ4v) is 2.76. The Kier molecular flexibility index (Phi) is 11.2. The minimum atomic E-state index is -0.510. The highest BCUT2D eigenvalue weighted by Crippen LogP contribution is 2.20. The van der Waals surface area contributed by atoms with Crippen molar-refractivity contribution < 1.29 is 23.8 Å². The Hall–Kier alpha value is -2.04. The van der Waals surface area contributed by atoms with Crippen LogP contribution in [-0.2, 0) is 9.47 Å². The number of carbonyl (C=O) groups is 2. The first kappa shape index (κ1) is 22.0. The Bertz CT molecular complexity index is 519. The van der Waals surface area contributed by atoms with Gasteiger partial charge in [0.2, 0.25) is 0 Å². The molecule has 0 saturated heterocycles. The van der Waals surface area contributed by atoms with E-state index in [2.05, 4.69) is 6.92 Å². The van der Waals surface area contributed by atoms with Crippen molar-refractivity contribution in [1.29, 1.82) is 0 Å². The summed E-state index contributed by atoms with van der Waals surface area (Å²) in [5.41, 5.74) is 0.551. The molecule has 0 aliphatic rings. The molecule has 0 atom stereocenters. The summed E-state index contributed by atoms with van der Waals surface area (Å²) in [4.78, 5) is 23.5. The average molecular weight is 364 g/mol. The second kappa shape index (κ2) is 13.2. The van der Waals surface area contributed by atoms with Crippen LogP contribution < -0.4 is 4.74 Å². The number of carbonyl (C=O) groups excluding carboxylic acids is 2. The van der Waals surface area contributed by atoms with Crippen molar-refractivity contribution in [2.45, 2.75) is 64.7 Å². The van der Waals surface area contributed by atoms with Gasteiger partial charge in [-0.1, -0.05) is 58.3 Å². The van der Waals surface area contributed by atoms with E-state index in [1.165, 1.54) is 65.2 Å². The van der Waals surface area contributed by atoms with Crippen LogP contribution in [0.3, 0.4) is 0 Å². The molecule has 0 bridgehead atoms. The maximum Gasteiger partial charge on any atom is 0.338 e. The Morgan fingerprint density at radius 1 is 0.731 bits per heavy atom. The monoisotopic (exact) mass is 364 g/mol. The van der Waals surface area contributed by atoms with Gasteiger partial charge in [-0.15, -0.1) is 0 Å². The summed E-state index contributed by atoms with van der Waals surface area (Å²) in [6.07, 6.45) is 11.2. The Labute approximate surface area is 157 Å². The second-order valence-corrected chi connectivity index (χ2v) is 6.41. The van der Waals surface area contributed by atoms with Gasteiger partial charge in [0, 0.05) is 0 Å². The predicted octanol–water partition coefficient (Wildman–Crippen LogP) is 5.17. The number of hydrogen-bond donors (Lipinski definition) is 0. The van der Waals surface area contributed by atoms with Crippen molar-refractivity contribution in [2.75, 3.05) is 20.8 Å². The van der Waals surface area contributed by atoms with Gasteiger partial charge in [0.25, 0.3) is 0 Å². The largest absolute Gasteiger partial charge is 0.494 e. The smallest absolute Gasteiger partial charge is 0.338 e. The fourth-order valence-electron chi connectivity index (χ4n) is 2.76. The van der Waals surface area contributed by atoms with E-state index < -0.39 is 11.9 Å². The molecule has 0 aromatic heterocycles. The first-order chi connectivity index (χ1) is 12.6. The van der Waals surface area contributed by atoms with Crippen LogP contribution in [0.5, 0.6) is 5.75 Å². The maximum atomic E-state index is 11.7. The molecule has 5 nitrogen and oxygen atoms in total. The standard InChI is InChI=1S/C21H32O5/c1-4-5-6-7-8-9-10-11-12-13-26-19-15-17(20(22)24-2)14-18(16-19)21(23)25-3/h14-16H,4-13H2,1-3H3.